The first-order chi connectivity index (χ1) is 22.1. The van der Waals surface area contributed by atoms with Gasteiger partial charge in [0.25, 0.3) is 0 Å². The summed E-state index contributed by atoms with van der Waals surface area (Å²) >= 11 is 0. The van der Waals surface area contributed by atoms with Gasteiger partial charge in [-0.3, -0.25) is 4.79 Å². The van der Waals surface area contributed by atoms with Crippen LogP contribution < -0.4 is 0 Å². The van der Waals surface area contributed by atoms with E-state index < -0.39 is 53.9 Å². The van der Waals surface area contributed by atoms with Crippen molar-refractivity contribution in [1.82, 2.24) is 0 Å². The highest BCUT2D eigenvalue weighted by Crippen LogP contribution is 2.36. The fourth-order valence-electron chi connectivity index (χ4n) is 6.16. The summed E-state index contributed by atoms with van der Waals surface area (Å²) in [4.78, 5) is 26.1. The van der Waals surface area contributed by atoms with Crippen molar-refractivity contribution in [3.8, 4) is 0 Å². The number of allylic oxidation sites excluding steroid dienone is 6. The molecule has 47 heavy (non-hydrogen) atoms. The van der Waals surface area contributed by atoms with E-state index in [0.29, 0.717) is 12.0 Å². The van der Waals surface area contributed by atoms with Crippen LogP contribution in [0.5, 0.6) is 0 Å². The summed E-state index contributed by atoms with van der Waals surface area (Å²) in [7, 11) is 1.50. The second-order valence-corrected chi connectivity index (χ2v) is 13.7. The molecule has 1 saturated heterocycles. The van der Waals surface area contributed by atoms with Crippen molar-refractivity contribution in [3.63, 3.8) is 0 Å². The zero-order valence-corrected chi connectivity index (χ0v) is 29.9. The lowest BCUT2D eigenvalue weighted by atomic mass is 9.79. The summed E-state index contributed by atoms with van der Waals surface area (Å²) in [5.74, 6) is -2.88. The second-order valence-electron chi connectivity index (χ2n) is 13.7. The van der Waals surface area contributed by atoms with Crippen LogP contribution in [0.2, 0.25) is 0 Å². The van der Waals surface area contributed by atoms with Crippen molar-refractivity contribution < 1.29 is 43.9 Å². The summed E-state index contributed by atoms with van der Waals surface area (Å²) in [5, 5.41) is 32.8. The van der Waals surface area contributed by atoms with E-state index in [0.717, 1.165) is 31.3 Å². The van der Waals surface area contributed by atoms with E-state index in [1.165, 1.54) is 19.3 Å². The molecule has 0 saturated carbocycles. The van der Waals surface area contributed by atoms with Crippen LogP contribution in [-0.4, -0.2) is 83.2 Å². The average Bonchev–Trinajstić information content (AvgIpc) is 3.13. The summed E-state index contributed by atoms with van der Waals surface area (Å²) in [6.45, 7) is 14.7. The summed E-state index contributed by atoms with van der Waals surface area (Å²) in [6.07, 6.45) is 13.4. The van der Waals surface area contributed by atoms with Crippen LogP contribution in [0, 0.1) is 23.7 Å². The number of methoxy groups -OCH3 is 1. The number of hydrogen-bond acceptors (Lipinski definition) is 9. The number of rotatable bonds is 12. The molecule has 266 valence electrons. The normalized spacial score (nSPS) is 34.8. The molecular weight excluding hydrogens is 600 g/mol. The summed E-state index contributed by atoms with van der Waals surface area (Å²) < 4.78 is 24.0. The molecule has 11 unspecified atom stereocenters. The third kappa shape index (κ3) is 12.2. The van der Waals surface area contributed by atoms with Crippen molar-refractivity contribution >= 4 is 11.8 Å². The van der Waals surface area contributed by atoms with E-state index in [1.54, 1.807) is 45.9 Å². The minimum Gasteiger partial charge on any atom is -0.456 e. The molecule has 2 aliphatic heterocycles. The molecule has 2 bridgehead atoms. The van der Waals surface area contributed by atoms with Crippen molar-refractivity contribution in [2.45, 2.75) is 130 Å². The zero-order valence-electron chi connectivity index (χ0n) is 29.9. The molecule has 0 aliphatic carbocycles. The molecule has 11 atom stereocenters. The van der Waals surface area contributed by atoms with Gasteiger partial charge in [0.1, 0.15) is 24.6 Å². The Balaban J connectivity index is 2.48. The van der Waals surface area contributed by atoms with Gasteiger partial charge in [0.05, 0.1) is 24.4 Å². The van der Waals surface area contributed by atoms with Crippen LogP contribution in [0.1, 0.15) is 87.5 Å². The van der Waals surface area contributed by atoms with E-state index >= 15 is 0 Å². The Morgan fingerprint density at radius 3 is 2.49 bits per heavy atom. The number of ketones is 1. The maximum absolute atomic E-state index is 13.2. The molecule has 0 aromatic heterocycles. The van der Waals surface area contributed by atoms with Crippen LogP contribution in [0.15, 0.2) is 59.8 Å². The van der Waals surface area contributed by atoms with Crippen molar-refractivity contribution in [2.24, 2.45) is 23.7 Å². The molecule has 2 rings (SSSR count). The van der Waals surface area contributed by atoms with Crippen LogP contribution >= 0.6 is 0 Å². The molecule has 9 heteroatoms. The van der Waals surface area contributed by atoms with E-state index in [2.05, 4.69) is 6.92 Å². The Morgan fingerprint density at radius 2 is 1.85 bits per heavy atom. The van der Waals surface area contributed by atoms with E-state index in [4.69, 9.17) is 18.9 Å². The molecule has 0 aromatic carbocycles. The molecule has 9 nitrogen and oxygen atoms in total. The van der Waals surface area contributed by atoms with Gasteiger partial charge in [-0.25, -0.2) is 4.79 Å². The number of hydrogen-bond donors (Lipinski definition) is 3. The molecule has 0 aromatic rings. The van der Waals surface area contributed by atoms with Gasteiger partial charge in [0.15, 0.2) is 5.78 Å². The lowest BCUT2D eigenvalue weighted by Crippen LogP contribution is -2.46. The highest BCUT2D eigenvalue weighted by Gasteiger charge is 2.44. The third-order valence-corrected chi connectivity index (χ3v) is 9.64. The SMILES string of the molecule is CCCCCC1OCOC2(C)/C=C(C)/C=C/C(=O)OC(C(C)C(O)C(C)C(=O)/C=C/C(C)C(C)O)C(OC)/C=C/C=C(\C)CC1C2O. The Hall–Kier alpha value is -2.40. The first-order valence-corrected chi connectivity index (χ1v) is 17.1. The fourth-order valence-corrected chi connectivity index (χ4v) is 6.16. The Kier molecular flexibility index (Phi) is 17.0. The van der Waals surface area contributed by atoms with Gasteiger partial charge in [-0.1, -0.05) is 88.5 Å². The van der Waals surface area contributed by atoms with E-state index in [9.17, 15) is 24.9 Å². The average molecular weight is 661 g/mol. The quantitative estimate of drug-likeness (QED) is 0.135. The van der Waals surface area contributed by atoms with Gasteiger partial charge in [-0.15, -0.1) is 0 Å². The smallest absolute Gasteiger partial charge is 0.331 e. The fraction of sp³-hybridized carbons (Fsp3) is 0.684. The number of carbonyl (C=O) groups is 2. The summed E-state index contributed by atoms with van der Waals surface area (Å²) in [6, 6.07) is 0. The summed E-state index contributed by atoms with van der Waals surface area (Å²) in [5.41, 5.74) is 0.652. The molecule has 3 N–H and O–H groups in total. The number of aliphatic hydroxyl groups excluding tert-OH is 3. The van der Waals surface area contributed by atoms with Crippen molar-refractivity contribution in [1.29, 1.82) is 0 Å². The predicted molar refractivity (Wildman–Crippen MR) is 183 cm³/mol. The van der Waals surface area contributed by atoms with Crippen LogP contribution in [0.4, 0.5) is 0 Å². The molecule has 1 fully saturated rings. The van der Waals surface area contributed by atoms with Gasteiger partial charge in [0.2, 0.25) is 0 Å². The van der Waals surface area contributed by atoms with Gasteiger partial charge in [-0.2, -0.15) is 0 Å². The number of carbonyl (C=O) groups excluding carboxylic acids is 2. The maximum Gasteiger partial charge on any atom is 0.331 e. The van der Waals surface area contributed by atoms with Crippen LogP contribution in [0.25, 0.3) is 0 Å². The van der Waals surface area contributed by atoms with Gasteiger partial charge in [0, 0.05) is 36.9 Å². The largest absolute Gasteiger partial charge is 0.456 e. The molecule has 0 spiro atoms. The minimum atomic E-state index is -1.15. The number of fused-ring (bicyclic) bond motifs is 2. The minimum absolute atomic E-state index is 0.0484. The Labute approximate surface area is 282 Å². The molecule has 2 aliphatic rings. The van der Waals surface area contributed by atoms with Gasteiger partial charge < -0.3 is 34.3 Å². The molecule has 2 heterocycles. The van der Waals surface area contributed by atoms with E-state index in [1.807, 2.05) is 39.0 Å². The van der Waals surface area contributed by atoms with Crippen LogP contribution in [0.3, 0.4) is 0 Å². The maximum atomic E-state index is 13.2. The number of unbranched alkanes of at least 4 members (excludes halogenated alkanes) is 2. The second kappa shape index (κ2) is 19.6. The highest BCUT2D eigenvalue weighted by molar-refractivity contribution is 5.92. The van der Waals surface area contributed by atoms with Crippen LogP contribution in [-0.2, 0) is 28.5 Å². The van der Waals surface area contributed by atoms with Gasteiger partial charge >= 0.3 is 5.97 Å². The number of cyclic esters (lactones) is 1. The first-order valence-electron chi connectivity index (χ1n) is 17.1. The zero-order chi connectivity index (χ0) is 35.3. The monoisotopic (exact) mass is 660 g/mol. The number of esters is 1. The predicted octanol–water partition coefficient (Wildman–Crippen LogP) is 5.79. The first kappa shape index (κ1) is 40.8. The highest BCUT2D eigenvalue weighted by atomic mass is 16.7. The van der Waals surface area contributed by atoms with Gasteiger partial charge in [-0.05, 0) is 52.7 Å². The number of aliphatic hydroxyl groups is 3. The lowest BCUT2D eigenvalue weighted by molar-refractivity contribution is -0.157. The molecular formula is C38H60O9. The standard InChI is InChI=1S/C38H60O9/c1-10-11-12-15-32-30-21-24(2)14-13-16-33(44-9)36(28(6)35(42)27(5)31(40)19-18-26(4)29(7)39)47-34(41)20-17-25(3)22-38(8,37(30)43)46-23-45-32/h13-14,16-20,22,26-30,32-33,35-37,39,42-43H,10-12,15,21,23H2,1-9H3/b16-13+,19-18+,20-17+,24-14+,25-22+. The molecule has 0 amide bonds. The lowest BCUT2D eigenvalue weighted by Gasteiger charge is -2.36. The Bertz CT molecular complexity index is 1150. The Morgan fingerprint density at radius 1 is 1.15 bits per heavy atom. The van der Waals surface area contributed by atoms with Crippen molar-refractivity contribution in [3.05, 3.63) is 59.8 Å². The topological polar surface area (TPSA) is 132 Å². The third-order valence-electron chi connectivity index (χ3n) is 9.64. The van der Waals surface area contributed by atoms with E-state index in [-0.39, 0.29) is 30.5 Å². The van der Waals surface area contributed by atoms with Crippen molar-refractivity contribution in [2.75, 3.05) is 13.9 Å². The molecule has 0 radical (unpaired) electrons. The number of ether oxygens (including phenoxy) is 4.